The Hall–Kier alpha value is -3.41. The Kier molecular flexibility index (Phi) is 5.89. The molecule has 2 N–H and O–H groups in total. The molecule has 1 aromatic heterocycles. The molecule has 3 aromatic rings. The van der Waals surface area contributed by atoms with Crippen molar-refractivity contribution in [3.8, 4) is 5.75 Å². The van der Waals surface area contributed by atoms with Crippen LogP contribution in [0.2, 0.25) is 0 Å². The molecule has 0 spiro atoms. The fourth-order valence-electron chi connectivity index (χ4n) is 3.15. The maximum atomic E-state index is 12.7. The van der Waals surface area contributed by atoms with Crippen molar-refractivity contribution in [3.63, 3.8) is 0 Å². The quantitative estimate of drug-likeness (QED) is 0.672. The van der Waals surface area contributed by atoms with Crippen LogP contribution in [0, 0.1) is 20.8 Å². The van der Waals surface area contributed by atoms with Gasteiger partial charge in [-0.15, -0.1) is 0 Å². The van der Waals surface area contributed by atoms with Gasteiger partial charge >= 0.3 is 0 Å². The average molecular weight is 376 g/mol. The molecule has 0 aliphatic heterocycles. The third kappa shape index (κ3) is 4.46. The summed E-state index contributed by atoms with van der Waals surface area (Å²) in [4.78, 5) is 21.2. The van der Waals surface area contributed by atoms with E-state index in [9.17, 15) is 4.79 Å². The number of carbonyl (C=O) groups is 1. The lowest BCUT2D eigenvalue weighted by atomic mass is 10.1. The lowest BCUT2D eigenvalue weighted by Crippen LogP contribution is -2.17. The molecule has 0 aliphatic carbocycles. The highest BCUT2D eigenvalue weighted by Gasteiger charge is 2.13. The Morgan fingerprint density at radius 2 is 1.79 bits per heavy atom. The lowest BCUT2D eigenvalue weighted by molar-refractivity contribution is 0.102. The molecule has 0 radical (unpaired) electrons. The van der Waals surface area contributed by atoms with Gasteiger partial charge in [0.2, 0.25) is 5.95 Å². The van der Waals surface area contributed by atoms with Crippen LogP contribution in [-0.2, 0) is 6.54 Å². The number of nitrogens with zero attached hydrogens (tertiary/aromatic N) is 2. The highest BCUT2D eigenvalue weighted by molar-refractivity contribution is 6.03. The zero-order chi connectivity index (χ0) is 20.1. The van der Waals surface area contributed by atoms with E-state index in [0.717, 1.165) is 33.7 Å². The molecule has 0 bridgehead atoms. The second-order valence-corrected chi connectivity index (χ2v) is 6.66. The van der Waals surface area contributed by atoms with Crippen LogP contribution in [0.15, 0.2) is 48.7 Å². The van der Waals surface area contributed by atoms with E-state index in [2.05, 4.69) is 20.6 Å². The normalized spacial score (nSPS) is 10.4. The van der Waals surface area contributed by atoms with Crippen molar-refractivity contribution in [2.75, 3.05) is 17.7 Å². The number of amides is 1. The van der Waals surface area contributed by atoms with Crippen LogP contribution < -0.4 is 15.4 Å². The average Bonchev–Trinajstić information content (AvgIpc) is 2.69. The maximum absolute atomic E-state index is 12.7. The summed E-state index contributed by atoms with van der Waals surface area (Å²) in [7, 11) is 1.63. The predicted molar refractivity (Wildman–Crippen MR) is 111 cm³/mol. The van der Waals surface area contributed by atoms with Crippen molar-refractivity contribution in [3.05, 3.63) is 76.6 Å². The molecule has 144 valence electrons. The van der Waals surface area contributed by atoms with Gasteiger partial charge in [-0.25, -0.2) is 9.97 Å². The number of methoxy groups -OCH3 is 1. The van der Waals surface area contributed by atoms with Crippen LogP contribution in [0.1, 0.15) is 32.7 Å². The molecule has 0 saturated carbocycles. The van der Waals surface area contributed by atoms with Gasteiger partial charge in [0.25, 0.3) is 5.91 Å². The molecule has 3 rings (SSSR count). The van der Waals surface area contributed by atoms with Crippen LogP contribution in [0.5, 0.6) is 5.75 Å². The van der Waals surface area contributed by atoms with E-state index >= 15 is 0 Å². The molecule has 0 aliphatic rings. The number of hydrogen-bond donors (Lipinski definition) is 2. The first-order chi connectivity index (χ1) is 13.5. The zero-order valence-electron chi connectivity index (χ0n) is 16.5. The monoisotopic (exact) mass is 376 g/mol. The van der Waals surface area contributed by atoms with Gasteiger partial charge in [-0.2, -0.15) is 0 Å². The van der Waals surface area contributed by atoms with Gasteiger partial charge in [-0.05, 0) is 44.0 Å². The minimum absolute atomic E-state index is 0.266. The van der Waals surface area contributed by atoms with Crippen molar-refractivity contribution >= 4 is 17.5 Å². The molecule has 2 aromatic carbocycles. The van der Waals surface area contributed by atoms with Gasteiger partial charge in [-0.1, -0.05) is 35.9 Å². The van der Waals surface area contributed by atoms with Gasteiger partial charge in [-0.3, -0.25) is 4.79 Å². The van der Waals surface area contributed by atoms with Crippen molar-refractivity contribution in [2.45, 2.75) is 27.3 Å². The number of aryl methyl sites for hydroxylation is 3. The second kappa shape index (κ2) is 8.52. The van der Waals surface area contributed by atoms with E-state index in [1.54, 1.807) is 19.4 Å². The summed E-state index contributed by atoms with van der Waals surface area (Å²) in [6.07, 6.45) is 1.57. The van der Waals surface area contributed by atoms with E-state index < -0.39 is 0 Å². The predicted octanol–water partition coefficient (Wildman–Crippen LogP) is 4.27. The smallest absolute Gasteiger partial charge is 0.274 e. The van der Waals surface area contributed by atoms with E-state index in [0.29, 0.717) is 18.2 Å². The number of para-hydroxylation sites is 1. The summed E-state index contributed by atoms with van der Waals surface area (Å²) in [5.74, 6) is 0.905. The second-order valence-electron chi connectivity index (χ2n) is 6.66. The minimum atomic E-state index is -0.266. The third-order valence-corrected chi connectivity index (χ3v) is 4.43. The number of anilines is 2. The van der Waals surface area contributed by atoms with Crippen molar-refractivity contribution in [1.29, 1.82) is 0 Å². The third-order valence-electron chi connectivity index (χ3n) is 4.43. The van der Waals surface area contributed by atoms with Gasteiger partial charge in [0, 0.05) is 24.0 Å². The summed E-state index contributed by atoms with van der Waals surface area (Å²) in [6, 6.07) is 13.4. The SMILES string of the molecule is COc1ccccc1CNc1nccc(C(=O)Nc2c(C)cc(C)cc2C)n1. The number of rotatable bonds is 6. The van der Waals surface area contributed by atoms with E-state index in [-0.39, 0.29) is 5.91 Å². The van der Waals surface area contributed by atoms with Crippen LogP contribution >= 0.6 is 0 Å². The summed E-state index contributed by atoms with van der Waals surface area (Å²) >= 11 is 0. The molecule has 0 unspecified atom stereocenters. The Morgan fingerprint density at radius 3 is 2.50 bits per heavy atom. The lowest BCUT2D eigenvalue weighted by Gasteiger charge is -2.13. The molecule has 1 heterocycles. The molecule has 6 nitrogen and oxygen atoms in total. The molecule has 6 heteroatoms. The van der Waals surface area contributed by atoms with Gasteiger partial charge in [0.05, 0.1) is 7.11 Å². The maximum Gasteiger partial charge on any atom is 0.274 e. The van der Waals surface area contributed by atoms with Crippen LogP contribution in [0.3, 0.4) is 0 Å². The number of carbonyl (C=O) groups excluding carboxylic acids is 1. The van der Waals surface area contributed by atoms with Crippen molar-refractivity contribution in [1.82, 2.24) is 9.97 Å². The zero-order valence-corrected chi connectivity index (χ0v) is 16.5. The first-order valence-corrected chi connectivity index (χ1v) is 9.06. The number of hydrogen-bond acceptors (Lipinski definition) is 5. The molecule has 0 atom stereocenters. The number of ether oxygens (including phenoxy) is 1. The summed E-state index contributed by atoms with van der Waals surface area (Å²) in [5.41, 5.74) is 5.31. The van der Waals surface area contributed by atoms with Gasteiger partial charge in [0.15, 0.2) is 0 Å². The van der Waals surface area contributed by atoms with Crippen molar-refractivity contribution in [2.24, 2.45) is 0 Å². The largest absolute Gasteiger partial charge is 0.496 e. The van der Waals surface area contributed by atoms with Crippen LogP contribution in [-0.4, -0.2) is 23.0 Å². The Morgan fingerprint density at radius 1 is 1.07 bits per heavy atom. The van der Waals surface area contributed by atoms with Crippen LogP contribution in [0.25, 0.3) is 0 Å². The fraction of sp³-hybridized carbons (Fsp3) is 0.227. The Labute approximate surface area is 165 Å². The van der Waals surface area contributed by atoms with Crippen LogP contribution in [0.4, 0.5) is 11.6 Å². The van der Waals surface area contributed by atoms with E-state index in [1.165, 1.54) is 0 Å². The molecule has 1 amide bonds. The Bertz CT molecular complexity index is 978. The number of nitrogens with one attached hydrogen (secondary N) is 2. The molecule has 0 fully saturated rings. The molecule has 0 saturated heterocycles. The molecular formula is C22H24N4O2. The van der Waals surface area contributed by atoms with Crippen molar-refractivity contribution < 1.29 is 9.53 Å². The summed E-state index contributed by atoms with van der Waals surface area (Å²) in [5, 5.41) is 6.11. The highest BCUT2D eigenvalue weighted by Crippen LogP contribution is 2.22. The topological polar surface area (TPSA) is 76.1 Å². The number of aromatic nitrogens is 2. The minimum Gasteiger partial charge on any atom is -0.496 e. The van der Waals surface area contributed by atoms with Gasteiger partial charge in [0.1, 0.15) is 11.4 Å². The summed E-state index contributed by atoms with van der Waals surface area (Å²) < 4.78 is 5.35. The highest BCUT2D eigenvalue weighted by atomic mass is 16.5. The standard InChI is InChI=1S/C22H24N4O2/c1-14-11-15(2)20(16(3)12-14)26-21(27)18-9-10-23-22(25-18)24-13-17-7-5-6-8-19(17)28-4/h5-12H,13H2,1-4H3,(H,26,27)(H,23,24,25). The fourth-order valence-corrected chi connectivity index (χ4v) is 3.15. The Balaban J connectivity index is 1.73. The molecule has 28 heavy (non-hydrogen) atoms. The summed E-state index contributed by atoms with van der Waals surface area (Å²) in [6.45, 7) is 6.49. The first-order valence-electron chi connectivity index (χ1n) is 9.06. The first kappa shape index (κ1) is 19.4. The van der Waals surface area contributed by atoms with E-state index in [4.69, 9.17) is 4.74 Å². The molecular weight excluding hydrogens is 352 g/mol. The van der Waals surface area contributed by atoms with Gasteiger partial charge < -0.3 is 15.4 Å². The van der Waals surface area contributed by atoms with E-state index in [1.807, 2.05) is 57.2 Å². The number of benzene rings is 2.